The second-order valence-corrected chi connectivity index (χ2v) is 6.29. The molecule has 0 unspecified atom stereocenters. The van der Waals surface area contributed by atoms with Crippen LogP contribution < -0.4 is 5.32 Å². The molecule has 3 aromatic rings. The molecular weight excluding hydrogens is 352 g/mol. The zero-order valence-corrected chi connectivity index (χ0v) is 15.3. The molecular formula is C19H18N2O4S. The fourth-order valence-corrected chi connectivity index (χ4v) is 3.50. The lowest BCUT2D eigenvalue weighted by molar-refractivity contribution is 0.0533. The topological polar surface area (TPSA) is 77.5 Å². The second kappa shape index (κ2) is 7.97. The van der Waals surface area contributed by atoms with Gasteiger partial charge in [0, 0.05) is 10.9 Å². The number of amides is 1. The molecule has 1 aromatic carbocycles. The minimum atomic E-state index is -0.620. The van der Waals surface area contributed by atoms with Crippen molar-refractivity contribution in [2.75, 3.05) is 18.5 Å². The van der Waals surface area contributed by atoms with Crippen LogP contribution in [0, 0.1) is 0 Å². The SMILES string of the molecule is CCOC(=O)Nc1c(C(=O)OCC)sc2nc(-c3ccccc3)ccc12. The summed E-state index contributed by atoms with van der Waals surface area (Å²) in [6, 6.07) is 13.4. The number of ether oxygens (including phenoxy) is 2. The predicted molar refractivity (Wildman–Crippen MR) is 102 cm³/mol. The minimum Gasteiger partial charge on any atom is -0.462 e. The largest absolute Gasteiger partial charge is 0.462 e. The van der Waals surface area contributed by atoms with E-state index in [1.54, 1.807) is 13.8 Å². The number of rotatable bonds is 5. The van der Waals surface area contributed by atoms with Crippen LogP contribution in [0.4, 0.5) is 10.5 Å². The molecule has 1 amide bonds. The number of nitrogens with zero attached hydrogens (tertiary/aromatic N) is 1. The number of pyridine rings is 1. The molecule has 7 heteroatoms. The highest BCUT2D eigenvalue weighted by atomic mass is 32.1. The molecule has 134 valence electrons. The van der Waals surface area contributed by atoms with Crippen LogP contribution in [0.15, 0.2) is 42.5 Å². The summed E-state index contributed by atoms with van der Waals surface area (Å²) < 4.78 is 10.0. The number of nitrogens with one attached hydrogen (secondary N) is 1. The molecule has 0 aliphatic heterocycles. The van der Waals surface area contributed by atoms with E-state index >= 15 is 0 Å². The van der Waals surface area contributed by atoms with Gasteiger partial charge >= 0.3 is 12.1 Å². The zero-order chi connectivity index (χ0) is 18.5. The Morgan fingerprint density at radius 1 is 1.04 bits per heavy atom. The van der Waals surface area contributed by atoms with E-state index in [1.807, 2.05) is 42.5 Å². The fraction of sp³-hybridized carbons (Fsp3) is 0.211. The summed E-state index contributed by atoms with van der Waals surface area (Å²) in [6.07, 6.45) is -0.620. The van der Waals surface area contributed by atoms with E-state index in [0.29, 0.717) is 20.8 Å². The van der Waals surface area contributed by atoms with Gasteiger partial charge in [-0.15, -0.1) is 11.3 Å². The number of esters is 1. The van der Waals surface area contributed by atoms with Crippen LogP contribution in [0.2, 0.25) is 0 Å². The van der Waals surface area contributed by atoms with E-state index in [0.717, 1.165) is 11.3 Å². The Bertz CT molecular complexity index is 937. The molecule has 0 bridgehead atoms. The van der Waals surface area contributed by atoms with Gasteiger partial charge in [-0.05, 0) is 26.0 Å². The Morgan fingerprint density at radius 3 is 2.46 bits per heavy atom. The number of hydrogen-bond acceptors (Lipinski definition) is 6. The third kappa shape index (κ3) is 3.67. The molecule has 0 saturated heterocycles. The van der Waals surface area contributed by atoms with E-state index < -0.39 is 12.1 Å². The van der Waals surface area contributed by atoms with E-state index in [4.69, 9.17) is 9.47 Å². The molecule has 3 rings (SSSR count). The van der Waals surface area contributed by atoms with Crippen LogP contribution >= 0.6 is 11.3 Å². The molecule has 6 nitrogen and oxygen atoms in total. The van der Waals surface area contributed by atoms with Crippen LogP contribution in [0.5, 0.6) is 0 Å². The first-order valence-corrected chi connectivity index (χ1v) is 9.05. The summed E-state index contributed by atoms with van der Waals surface area (Å²) in [7, 11) is 0. The molecule has 0 saturated carbocycles. The van der Waals surface area contributed by atoms with E-state index in [2.05, 4.69) is 10.3 Å². The number of benzene rings is 1. The minimum absolute atomic E-state index is 0.235. The van der Waals surface area contributed by atoms with Crippen molar-refractivity contribution in [1.82, 2.24) is 4.98 Å². The summed E-state index contributed by atoms with van der Waals surface area (Å²) in [5.74, 6) is -0.497. The summed E-state index contributed by atoms with van der Waals surface area (Å²) in [6.45, 7) is 3.92. The molecule has 0 fully saturated rings. The molecule has 0 atom stereocenters. The van der Waals surface area contributed by atoms with Gasteiger partial charge in [-0.3, -0.25) is 5.32 Å². The van der Waals surface area contributed by atoms with Crippen LogP contribution in [0.3, 0.4) is 0 Å². The van der Waals surface area contributed by atoms with Crippen LogP contribution in [0.25, 0.3) is 21.5 Å². The molecule has 0 aliphatic carbocycles. The standard InChI is InChI=1S/C19H18N2O4S/c1-3-24-18(22)16-15(21-19(23)25-4-2)13-10-11-14(20-17(13)26-16)12-8-6-5-7-9-12/h5-11H,3-4H2,1-2H3,(H,21,23). The maximum atomic E-state index is 12.3. The van der Waals surface area contributed by atoms with Crippen molar-refractivity contribution in [2.24, 2.45) is 0 Å². The lowest BCUT2D eigenvalue weighted by Gasteiger charge is -2.07. The normalized spacial score (nSPS) is 10.5. The first-order valence-electron chi connectivity index (χ1n) is 8.23. The Morgan fingerprint density at radius 2 is 1.77 bits per heavy atom. The maximum Gasteiger partial charge on any atom is 0.411 e. The van der Waals surface area contributed by atoms with Crippen LogP contribution in [-0.2, 0) is 9.47 Å². The van der Waals surface area contributed by atoms with Crippen molar-refractivity contribution in [3.05, 3.63) is 47.3 Å². The summed E-state index contributed by atoms with van der Waals surface area (Å²) in [5, 5.41) is 3.31. The summed E-state index contributed by atoms with van der Waals surface area (Å²) >= 11 is 1.18. The van der Waals surface area contributed by atoms with Crippen molar-refractivity contribution in [3.63, 3.8) is 0 Å². The monoisotopic (exact) mass is 370 g/mol. The summed E-state index contributed by atoms with van der Waals surface area (Å²) in [5.41, 5.74) is 2.13. The Hall–Kier alpha value is -2.93. The lowest BCUT2D eigenvalue weighted by atomic mass is 10.1. The fourth-order valence-electron chi connectivity index (χ4n) is 2.48. The summed E-state index contributed by atoms with van der Waals surface area (Å²) in [4.78, 5) is 29.8. The number of anilines is 1. The average Bonchev–Trinajstić information content (AvgIpc) is 3.00. The highest BCUT2D eigenvalue weighted by Crippen LogP contribution is 2.36. The van der Waals surface area contributed by atoms with Crippen molar-refractivity contribution < 1.29 is 19.1 Å². The number of carbonyl (C=O) groups excluding carboxylic acids is 2. The van der Waals surface area contributed by atoms with Gasteiger partial charge in [0.25, 0.3) is 0 Å². The van der Waals surface area contributed by atoms with Crippen LogP contribution in [-0.4, -0.2) is 30.3 Å². The van der Waals surface area contributed by atoms with E-state index in [9.17, 15) is 9.59 Å². The van der Waals surface area contributed by atoms with Crippen LogP contribution in [0.1, 0.15) is 23.5 Å². The number of thiophene rings is 1. The van der Waals surface area contributed by atoms with Gasteiger partial charge in [-0.2, -0.15) is 0 Å². The quantitative estimate of drug-likeness (QED) is 0.658. The molecule has 0 aliphatic rings. The predicted octanol–water partition coefficient (Wildman–Crippen LogP) is 4.71. The Kier molecular flexibility index (Phi) is 5.48. The number of hydrogen-bond donors (Lipinski definition) is 1. The molecule has 0 radical (unpaired) electrons. The van der Waals surface area contributed by atoms with E-state index in [-0.39, 0.29) is 13.2 Å². The Labute approximate surface area is 154 Å². The van der Waals surface area contributed by atoms with E-state index in [1.165, 1.54) is 11.3 Å². The number of aromatic nitrogens is 1. The third-order valence-electron chi connectivity index (χ3n) is 3.59. The number of carbonyl (C=O) groups is 2. The smallest absolute Gasteiger partial charge is 0.411 e. The van der Waals surface area contributed by atoms with Crippen molar-refractivity contribution in [2.45, 2.75) is 13.8 Å². The number of fused-ring (bicyclic) bond motifs is 1. The Balaban J connectivity index is 2.08. The zero-order valence-electron chi connectivity index (χ0n) is 14.4. The van der Waals surface area contributed by atoms with Crippen molar-refractivity contribution in [3.8, 4) is 11.3 Å². The van der Waals surface area contributed by atoms with Gasteiger partial charge in [-0.25, -0.2) is 14.6 Å². The second-order valence-electron chi connectivity index (χ2n) is 5.29. The highest BCUT2D eigenvalue weighted by Gasteiger charge is 2.22. The van der Waals surface area contributed by atoms with Gasteiger partial charge in [-0.1, -0.05) is 30.3 Å². The van der Waals surface area contributed by atoms with Gasteiger partial charge in [0.15, 0.2) is 0 Å². The molecule has 26 heavy (non-hydrogen) atoms. The average molecular weight is 370 g/mol. The first kappa shape index (κ1) is 17.9. The highest BCUT2D eigenvalue weighted by molar-refractivity contribution is 7.21. The van der Waals surface area contributed by atoms with Gasteiger partial charge < -0.3 is 9.47 Å². The first-order chi connectivity index (χ1) is 12.6. The maximum absolute atomic E-state index is 12.3. The van der Waals surface area contributed by atoms with Gasteiger partial charge in [0.2, 0.25) is 0 Å². The van der Waals surface area contributed by atoms with Gasteiger partial charge in [0.05, 0.1) is 24.6 Å². The molecule has 2 heterocycles. The molecule has 0 spiro atoms. The molecule has 1 N–H and O–H groups in total. The third-order valence-corrected chi connectivity index (χ3v) is 4.67. The van der Waals surface area contributed by atoms with Crippen molar-refractivity contribution in [1.29, 1.82) is 0 Å². The van der Waals surface area contributed by atoms with Gasteiger partial charge in [0.1, 0.15) is 9.71 Å². The van der Waals surface area contributed by atoms with Crippen molar-refractivity contribution >= 4 is 39.3 Å². The lowest BCUT2D eigenvalue weighted by Crippen LogP contribution is -2.15. The molecule has 2 aromatic heterocycles.